The molecule has 0 amide bonds. The highest BCUT2D eigenvalue weighted by Gasteiger charge is 2.34. The SMILES string of the molecule is CCC(CC)(c1ccc(OC(C)C(O)C(C)(C)C)c(C)c1)c1cccc(C(=O)O)c1C. The summed E-state index contributed by atoms with van der Waals surface area (Å²) in [7, 11) is 0. The summed E-state index contributed by atoms with van der Waals surface area (Å²) in [6.07, 6.45) is 0.790. The summed E-state index contributed by atoms with van der Waals surface area (Å²) in [5.41, 5.74) is 3.83. The second-order valence-corrected chi connectivity index (χ2v) is 9.69. The summed E-state index contributed by atoms with van der Waals surface area (Å²) in [4.78, 5) is 11.7. The van der Waals surface area contributed by atoms with Crippen LogP contribution in [0.15, 0.2) is 36.4 Å². The van der Waals surface area contributed by atoms with Gasteiger partial charge in [-0.3, -0.25) is 0 Å². The van der Waals surface area contributed by atoms with E-state index < -0.39 is 12.1 Å². The second-order valence-electron chi connectivity index (χ2n) is 9.69. The molecular formula is C27H38O4. The van der Waals surface area contributed by atoms with Crippen LogP contribution in [0.2, 0.25) is 0 Å². The van der Waals surface area contributed by atoms with Crippen LogP contribution in [0.25, 0.3) is 0 Å². The number of aryl methyl sites for hydroxylation is 1. The highest BCUT2D eigenvalue weighted by Crippen LogP contribution is 2.42. The van der Waals surface area contributed by atoms with Gasteiger partial charge in [-0.15, -0.1) is 0 Å². The van der Waals surface area contributed by atoms with E-state index in [2.05, 4.69) is 32.0 Å². The van der Waals surface area contributed by atoms with Crippen molar-refractivity contribution in [2.75, 3.05) is 0 Å². The van der Waals surface area contributed by atoms with E-state index in [-0.39, 0.29) is 16.9 Å². The topological polar surface area (TPSA) is 66.8 Å². The number of aromatic carboxylic acids is 1. The third-order valence-corrected chi connectivity index (χ3v) is 6.66. The Morgan fingerprint density at radius 1 is 1.06 bits per heavy atom. The van der Waals surface area contributed by atoms with Crippen molar-refractivity contribution < 1.29 is 19.7 Å². The predicted octanol–water partition coefficient (Wildman–Crippen LogP) is 6.28. The Morgan fingerprint density at radius 2 is 1.68 bits per heavy atom. The number of aliphatic hydroxyl groups excluding tert-OH is 1. The van der Waals surface area contributed by atoms with Crippen LogP contribution in [0.3, 0.4) is 0 Å². The largest absolute Gasteiger partial charge is 0.488 e. The molecule has 0 bridgehead atoms. The van der Waals surface area contributed by atoms with Gasteiger partial charge in [0.05, 0.1) is 11.7 Å². The quantitative estimate of drug-likeness (QED) is 0.521. The molecule has 0 saturated heterocycles. The highest BCUT2D eigenvalue weighted by atomic mass is 16.5. The van der Waals surface area contributed by atoms with Crippen LogP contribution in [-0.4, -0.2) is 28.4 Å². The van der Waals surface area contributed by atoms with Crippen molar-refractivity contribution in [3.8, 4) is 5.75 Å². The van der Waals surface area contributed by atoms with Gasteiger partial charge < -0.3 is 14.9 Å². The molecule has 170 valence electrons. The number of ether oxygens (including phenoxy) is 1. The number of benzene rings is 2. The molecule has 2 rings (SSSR count). The van der Waals surface area contributed by atoms with Crippen molar-refractivity contribution >= 4 is 5.97 Å². The third-order valence-electron chi connectivity index (χ3n) is 6.66. The Balaban J connectivity index is 2.49. The van der Waals surface area contributed by atoms with Gasteiger partial charge in [-0.1, -0.05) is 58.9 Å². The average molecular weight is 427 g/mol. The fraction of sp³-hybridized carbons (Fsp3) is 0.519. The highest BCUT2D eigenvalue weighted by molar-refractivity contribution is 5.89. The van der Waals surface area contributed by atoms with Gasteiger partial charge in [0, 0.05) is 5.41 Å². The normalized spacial score (nSPS) is 14.2. The zero-order valence-electron chi connectivity index (χ0n) is 20.2. The lowest BCUT2D eigenvalue weighted by Crippen LogP contribution is -2.39. The zero-order chi connectivity index (χ0) is 23.6. The maximum Gasteiger partial charge on any atom is 0.335 e. The molecule has 0 aliphatic heterocycles. The average Bonchev–Trinajstić information content (AvgIpc) is 2.70. The maximum atomic E-state index is 11.7. The molecule has 0 radical (unpaired) electrons. The molecule has 31 heavy (non-hydrogen) atoms. The summed E-state index contributed by atoms with van der Waals surface area (Å²) < 4.78 is 6.12. The van der Waals surface area contributed by atoms with Crippen LogP contribution in [0, 0.1) is 19.3 Å². The molecule has 0 aliphatic rings. The lowest BCUT2D eigenvalue weighted by atomic mass is 9.68. The van der Waals surface area contributed by atoms with Crippen LogP contribution in [0.4, 0.5) is 0 Å². The van der Waals surface area contributed by atoms with Crippen LogP contribution < -0.4 is 4.74 Å². The summed E-state index contributed by atoms with van der Waals surface area (Å²) in [6.45, 7) is 16.1. The lowest BCUT2D eigenvalue weighted by Gasteiger charge is -2.36. The van der Waals surface area contributed by atoms with Gasteiger partial charge in [0.2, 0.25) is 0 Å². The number of carbonyl (C=O) groups is 1. The minimum atomic E-state index is -0.897. The molecule has 2 unspecified atom stereocenters. The number of hydrogen-bond donors (Lipinski definition) is 2. The van der Waals surface area contributed by atoms with Gasteiger partial charge in [0.1, 0.15) is 11.9 Å². The molecule has 2 aromatic carbocycles. The standard InChI is InChI=1S/C27H38O4/c1-9-27(10-2,22-13-11-12-21(18(22)4)25(29)30)20-14-15-23(17(3)16-20)31-19(5)24(28)26(6,7)8/h11-16,19,24,28H,9-10H2,1-8H3,(H,29,30). The smallest absolute Gasteiger partial charge is 0.335 e. The van der Waals surface area contributed by atoms with Crippen molar-refractivity contribution in [3.05, 3.63) is 64.2 Å². The summed E-state index contributed by atoms with van der Waals surface area (Å²) in [5.74, 6) is -0.136. The van der Waals surface area contributed by atoms with Crippen LogP contribution >= 0.6 is 0 Å². The summed E-state index contributed by atoms with van der Waals surface area (Å²) >= 11 is 0. The molecule has 0 aromatic heterocycles. The van der Waals surface area contributed by atoms with Gasteiger partial charge in [0.25, 0.3) is 0 Å². The third kappa shape index (κ3) is 4.95. The molecule has 0 aliphatic carbocycles. The van der Waals surface area contributed by atoms with Gasteiger partial charge in [-0.05, 0) is 73.4 Å². The molecule has 0 heterocycles. The maximum absolute atomic E-state index is 11.7. The first-order valence-electron chi connectivity index (χ1n) is 11.2. The first kappa shape index (κ1) is 24.9. The van der Waals surface area contributed by atoms with E-state index >= 15 is 0 Å². The Bertz CT molecular complexity index is 919. The number of rotatable bonds is 8. The first-order chi connectivity index (χ1) is 14.4. The molecule has 2 atom stereocenters. The number of aliphatic hydroxyl groups is 1. The number of carboxylic acid groups (broad SMARTS) is 1. The van der Waals surface area contributed by atoms with E-state index in [1.165, 1.54) is 0 Å². The van der Waals surface area contributed by atoms with E-state index in [9.17, 15) is 15.0 Å². The van der Waals surface area contributed by atoms with E-state index in [4.69, 9.17) is 4.74 Å². The molecule has 0 saturated carbocycles. The van der Waals surface area contributed by atoms with Gasteiger partial charge >= 0.3 is 5.97 Å². The second kappa shape index (κ2) is 9.44. The number of carboxylic acids is 1. The van der Waals surface area contributed by atoms with Gasteiger partial charge in [-0.25, -0.2) is 4.79 Å². The van der Waals surface area contributed by atoms with Crippen LogP contribution in [0.5, 0.6) is 5.75 Å². The Hall–Kier alpha value is -2.33. The molecule has 4 nitrogen and oxygen atoms in total. The Labute approximate surface area is 187 Å². The zero-order valence-corrected chi connectivity index (χ0v) is 20.2. The van der Waals surface area contributed by atoms with E-state index in [1.54, 1.807) is 6.07 Å². The summed E-state index contributed by atoms with van der Waals surface area (Å²) in [5, 5.41) is 20.1. The fourth-order valence-corrected chi connectivity index (χ4v) is 4.63. The molecule has 4 heteroatoms. The van der Waals surface area contributed by atoms with Crippen molar-refractivity contribution in [2.45, 2.75) is 85.9 Å². The van der Waals surface area contributed by atoms with Crippen molar-refractivity contribution in [1.29, 1.82) is 0 Å². The monoisotopic (exact) mass is 426 g/mol. The molecular weight excluding hydrogens is 388 g/mol. The Kier molecular flexibility index (Phi) is 7.59. The molecule has 2 aromatic rings. The van der Waals surface area contributed by atoms with Crippen molar-refractivity contribution in [3.63, 3.8) is 0 Å². The van der Waals surface area contributed by atoms with Crippen LogP contribution in [0.1, 0.15) is 87.0 Å². The first-order valence-corrected chi connectivity index (χ1v) is 11.2. The predicted molar refractivity (Wildman–Crippen MR) is 126 cm³/mol. The molecule has 2 N–H and O–H groups in total. The minimum Gasteiger partial charge on any atom is -0.488 e. The van der Waals surface area contributed by atoms with Gasteiger partial charge in [-0.2, -0.15) is 0 Å². The fourth-order valence-electron chi connectivity index (χ4n) is 4.63. The van der Waals surface area contributed by atoms with E-state index in [1.807, 2.05) is 53.7 Å². The minimum absolute atomic E-state index is 0.264. The van der Waals surface area contributed by atoms with Gasteiger partial charge in [0.15, 0.2) is 0 Å². The Morgan fingerprint density at radius 3 is 2.16 bits per heavy atom. The van der Waals surface area contributed by atoms with Crippen LogP contribution in [-0.2, 0) is 5.41 Å². The lowest BCUT2D eigenvalue weighted by molar-refractivity contribution is -0.0234. The van der Waals surface area contributed by atoms with E-state index in [0.717, 1.165) is 40.8 Å². The van der Waals surface area contributed by atoms with Crippen molar-refractivity contribution in [2.24, 2.45) is 5.41 Å². The van der Waals surface area contributed by atoms with E-state index in [0.29, 0.717) is 5.56 Å². The molecule has 0 spiro atoms. The molecule has 0 fully saturated rings. The van der Waals surface area contributed by atoms with Crippen molar-refractivity contribution in [1.82, 2.24) is 0 Å². The number of hydrogen-bond acceptors (Lipinski definition) is 3. The summed E-state index contributed by atoms with van der Waals surface area (Å²) in [6, 6.07) is 11.8.